The van der Waals surface area contributed by atoms with Crippen LogP contribution >= 0.6 is 0 Å². The maximum absolute atomic E-state index is 13.3. The molecule has 0 heterocycles. The lowest BCUT2D eigenvalue weighted by Gasteiger charge is -2.23. The van der Waals surface area contributed by atoms with Crippen molar-refractivity contribution in [1.82, 2.24) is 10.2 Å². The van der Waals surface area contributed by atoms with Gasteiger partial charge >= 0.3 is 0 Å². The van der Waals surface area contributed by atoms with Gasteiger partial charge in [0.15, 0.2) is 0 Å². The van der Waals surface area contributed by atoms with E-state index < -0.39 is 0 Å². The highest BCUT2D eigenvalue weighted by Gasteiger charge is 2.26. The zero-order chi connectivity index (χ0) is 13.7. The van der Waals surface area contributed by atoms with Gasteiger partial charge < -0.3 is 10.2 Å². The summed E-state index contributed by atoms with van der Waals surface area (Å²) in [6.07, 6.45) is 4.81. The van der Waals surface area contributed by atoms with Crippen LogP contribution in [0.3, 0.4) is 0 Å². The monoisotopic (exact) mass is 264 g/mol. The summed E-state index contributed by atoms with van der Waals surface area (Å²) in [6.45, 7) is 4.21. The molecule has 0 bridgehead atoms. The second-order valence-electron chi connectivity index (χ2n) is 5.56. The fraction of sp³-hybridized carbons (Fsp3) is 0.625. The molecule has 0 amide bonds. The van der Waals surface area contributed by atoms with E-state index in [4.69, 9.17) is 0 Å². The minimum absolute atomic E-state index is 0.142. The first-order valence-electron chi connectivity index (χ1n) is 7.39. The second-order valence-corrected chi connectivity index (χ2v) is 5.56. The smallest absolute Gasteiger partial charge is 0.123 e. The van der Waals surface area contributed by atoms with Gasteiger partial charge in [0.05, 0.1) is 0 Å². The van der Waals surface area contributed by atoms with Crippen molar-refractivity contribution in [2.75, 3.05) is 20.1 Å². The summed E-state index contributed by atoms with van der Waals surface area (Å²) in [7, 11) is 2.19. The van der Waals surface area contributed by atoms with Crippen LogP contribution in [0.4, 0.5) is 4.39 Å². The zero-order valence-corrected chi connectivity index (χ0v) is 12.0. The Morgan fingerprint density at radius 1 is 1.42 bits per heavy atom. The SMILES string of the molecule is CCCNC(CCN(C)C1CC1)c1cccc(F)c1. The summed E-state index contributed by atoms with van der Waals surface area (Å²) in [4.78, 5) is 2.43. The third kappa shape index (κ3) is 4.59. The highest BCUT2D eigenvalue weighted by molar-refractivity contribution is 5.20. The molecule has 106 valence electrons. The van der Waals surface area contributed by atoms with Crippen molar-refractivity contribution in [3.63, 3.8) is 0 Å². The Hall–Kier alpha value is -0.930. The number of rotatable bonds is 8. The molecule has 0 aliphatic heterocycles. The molecule has 3 heteroatoms. The van der Waals surface area contributed by atoms with Gasteiger partial charge in [0.25, 0.3) is 0 Å². The highest BCUT2D eigenvalue weighted by atomic mass is 19.1. The van der Waals surface area contributed by atoms with E-state index in [-0.39, 0.29) is 11.9 Å². The molecular formula is C16H25FN2. The van der Waals surface area contributed by atoms with Gasteiger partial charge in [-0.3, -0.25) is 0 Å². The van der Waals surface area contributed by atoms with Gasteiger partial charge in [0.1, 0.15) is 5.82 Å². The molecule has 1 unspecified atom stereocenters. The van der Waals surface area contributed by atoms with Gasteiger partial charge in [-0.2, -0.15) is 0 Å². The van der Waals surface area contributed by atoms with Crippen LogP contribution in [0, 0.1) is 5.82 Å². The van der Waals surface area contributed by atoms with E-state index >= 15 is 0 Å². The molecule has 19 heavy (non-hydrogen) atoms. The summed E-state index contributed by atoms with van der Waals surface area (Å²) >= 11 is 0. The van der Waals surface area contributed by atoms with Gasteiger partial charge in [-0.25, -0.2) is 4.39 Å². The molecular weight excluding hydrogens is 239 g/mol. The number of nitrogens with one attached hydrogen (secondary N) is 1. The van der Waals surface area contributed by atoms with Crippen molar-refractivity contribution < 1.29 is 4.39 Å². The molecule has 2 nitrogen and oxygen atoms in total. The topological polar surface area (TPSA) is 15.3 Å². The maximum Gasteiger partial charge on any atom is 0.123 e. The molecule has 1 aliphatic rings. The van der Waals surface area contributed by atoms with E-state index in [0.29, 0.717) is 0 Å². The molecule has 0 spiro atoms. The summed E-state index contributed by atoms with van der Waals surface area (Å²) in [5, 5.41) is 3.53. The molecule has 2 rings (SSSR count). The summed E-state index contributed by atoms with van der Waals surface area (Å²) in [6, 6.07) is 8.04. The van der Waals surface area contributed by atoms with E-state index in [9.17, 15) is 4.39 Å². The number of benzene rings is 1. The quantitative estimate of drug-likeness (QED) is 0.774. The molecule has 1 N–H and O–H groups in total. The van der Waals surface area contributed by atoms with Crippen LogP contribution in [-0.2, 0) is 0 Å². The minimum atomic E-state index is -0.142. The molecule has 0 saturated heterocycles. The van der Waals surface area contributed by atoms with Crippen molar-refractivity contribution in [1.29, 1.82) is 0 Å². The molecule has 1 saturated carbocycles. The first-order valence-corrected chi connectivity index (χ1v) is 7.39. The summed E-state index contributed by atoms with van der Waals surface area (Å²) in [5.74, 6) is -0.142. The van der Waals surface area contributed by atoms with Crippen LogP contribution in [0.25, 0.3) is 0 Å². The number of nitrogens with zero attached hydrogens (tertiary/aromatic N) is 1. The van der Waals surface area contributed by atoms with E-state index in [1.165, 1.54) is 18.9 Å². The van der Waals surface area contributed by atoms with Crippen molar-refractivity contribution in [2.24, 2.45) is 0 Å². The van der Waals surface area contributed by atoms with E-state index in [0.717, 1.165) is 37.5 Å². The average molecular weight is 264 g/mol. The van der Waals surface area contributed by atoms with Gasteiger partial charge in [-0.15, -0.1) is 0 Å². The Balaban J connectivity index is 1.93. The number of hydrogen-bond donors (Lipinski definition) is 1. The molecule has 0 radical (unpaired) electrons. The minimum Gasteiger partial charge on any atom is -0.310 e. The predicted molar refractivity (Wildman–Crippen MR) is 77.7 cm³/mol. The van der Waals surface area contributed by atoms with Crippen LogP contribution in [0.5, 0.6) is 0 Å². The summed E-state index contributed by atoms with van der Waals surface area (Å²) in [5.41, 5.74) is 1.07. The highest BCUT2D eigenvalue weighted by Crippen LogP contribution is 2.26. The third-order valence-electron chi connectivity index (χ3n) is 3.83. The Morgan fingerprint density at radius 3 is 2.84 bits per heavy atom. The van der Waals surface area contributed by atoms with E-state index in [1.807, 2.05) is 6.07 Å². The van der Waals surface area contributed by atoms with Crippen LogP contribution < -0.4 is 5.32 Å². The van der Waals surface area contributed by atoms with Crippen LogP contribution in [0.1, 0.15) is 44.2 Å². The molecule has 1 atom stereocenters. The van der Waals surface area contributed by atoms with Gasteiger partial charge in [0.2, 0.25) is 0 Å². The Morgan fingerprint density at radius 2 is 2.21 bits per heavy atom. The summed E-state index contributed by atoms with van der Waals surface area (Å²) < 4.78 is 13.3. The van der Waals surface area contributed by atoms with Crippen molar-refractivity contribution in [2.45, 2.75) is 44.7 Å². The van der Waals surface area contributed by atoms with Crippen LogP contribution in [0.2, 0.25) is 0 Å². The normalized spacial score (nSPS) is 16.8. The first kappa shape index (κ1) is 14.5. The third-order valence-corrected chi connectivity index (χ3v) is 3.83. The number of hydrogen-bond acceptors (Lipinski definition) is 2. The van der Waals surface area contributed by atoms with E-state index in [2.05, 4.69) is 24.2 Å². The first-order chi connectivity index (χ1) is 9.20. The average Bonchev–Trinajstić information content (AvgIpc) is 3.23. The lowest BCUT2D eigenvalue weighted by Crippen LogP contribution is -2.29. The van der Waals surface area contributed by atoms with Gasteiger partial charge in [-0.1, -0.05) is 19.1 Å². The van der Waals surface area contributed by atoms with Gasteiger partial charge in [-0.05, 0) is 63.5 Å². The van der Waals surface area contributed by atoms with Crippen LogP contribution in [-0.4, -0.2) is 31.1 Å². The van der Waals surface area contributed by atoms with Crippen LogP contribution in [0.15, 0.2) is 24.3 Å². The predicted octanol–water partition coefficient (Wildman–Crippen LogP) is 3.35. The Bertz CT molecular complexity index is 390. The van der Waals surface area contributed by atoms with Gasteiger partial charge in [0, 0.05) is 12.1 Å². The largest absolute Gasteiger partial charge is 0.310 e. The fourth-order valence-corrected chi connectivity index (χ4v) is 2.46. The molecule has 1 aromatic rings. The van der Waals surface area contributed by atoms with Crippen molar-refractivity contribution in [3.8, 4) is 0 Å². The van der Waals surface area contributed by atoms with E-state index in [1.54, 1.807) is 12.1 Å². The Kier molecular flexibility index (Phi) is 5.34. The maximum atomic E-state index is 13.3. The zero-order valence-electron chi connectivity index (χ0n) is 12.0. The fourth-order valence-electron chi connectivity index (χ4n) is 2.46. The lowest BCUT2D eigenvalue weighted by molar-refractivity contribution is 0.298. The van der Waals surface area contributed by atoms with Crippen molar-refractivity contribution >= 4 is 0 Å². The molecule has 1 fully saturated rings. The van der Waals surface area contributed by atoms with Crippen molar-refractivity contribution in [3.05, 3.63) is 35.6 Å². The number of halogens is 1. The molecule has 1 aliphatic carbocycles. The standard InChI is InChI=1S/C16H25FN2/c1-3-10-18-16(9-11-19(2)15-7-8-15)13-5-4-6-14(17)12-13/h4-6,12,15-16,18H,3,7-11H2,1-2H3. The second kappa shape index (κ2) is 7.01. The molecule has 1 aromatic carbocycles. The Labute approximate surface area is 116 Å². The lowest BCUT2D eigenvalue weighted by atomic mass is 10.0. The molecule has 0 aromatic heterocycles.